The summed E-state index contributed by atoms with van der Waals surface area (Å²) < 4.78 is 17.3. The first-order chi connectivity index (χ1) is 3.12. The molecule has 0 heterocycles. The zero-order chi connectivity index (χ0) is 5.91. The van der Waals surface area contributed by atoms with Gasteiger partial charge in [-0.1, -0.05) is 0 Å². The minimum Gasteiger partial charge on any atom is -0.753 e. The van der Waals surface area contributed by atoms with Crippen molar-refractivity contribution in [3.05, 3.63) is 7.11 Å². The van der Waals surface area contributed by atoms with E-state index in [1.54, 1.807) is 0 Å². The van der Waals surface area contributed by atoms with Gasteiger partial charge in [0.25, 0.3) is 0 Å². The monoisotopic (exact) mass is 124 g/mol. The van der Waals surface area contributed by atoms with Crippen LogP contribution in [0.15, 0.2) is 0 Å². The van der Waals surface area contributed by atoms with Gasteiger partial charge in [-0.3, -0.25) is 4.57 Å². The molecule has 0 aromatic rings. The number of hydrogen-bond donors (Lipinski definition) is 0. The van der Waals surface area contributed by atoms with Gasteiger partial charge in [-0.2, -0.15) is 0 Å². The molecule has 1 atom stereocenters. The SMILES string of the molecule is [CH2+]OP(=O)([O-])OC. The maximum atomic E-state index is 9.89. The molecule has 0 fully saturated rings. The molecule has 0 radical (unpaired) electrons. The van der Waals surface area contributed by atoms with Crippen LogP contribution in [0.1, 0.15) is 0 Å². The Hall–Kier alpha value is -0.0200. The van der Waals surface area contributed by atoms with Crippen molar-refractivity contribution in [1.29, 1.82) is 0 Å². The Balaban J connectivity index is 3.61. The smallest absolute Gasteiger partial charge is 0.315 e. The number of hydrogen-bond acceptors (Lipinski definition) is 4. The van der Waals surface area contributed by atoms with Gasteiger partial charge in [-0.05, 0) is 0 Å². The van der Waals surface area contributed by atoms with Crippen LogP contribution < -0.4 is 4.89 Å². The summed E-state index contributed by atoms with van der Waals surface area (Å²) >= 11 is 0. The van der Waals surface area contributed by atoms with E-state index >= 15 is 0 Å². The summed E-state index contributed by atoms with van der Waals surface area (Å²) in [6.07, 6.45) is 0. The molecule has 0 aliphatic rings. The summed E-state index contributed by atoms with van der Waals surface area (Å²) in [5.41, 5.74) is 0. The molecule has 0 aromatic heterocycles. The molecule has 0 spiro atoms. The molecule has 0 saturated heterocycles. The van der Waals surface area contributed by atoms with Crippen molar-refractivity contribution in [2.24, 2.45) is 0 Å². The predicted molar refractivity (Wildman–Crippen MR) is 21.1 cm³/mol. The molecule has 0 bridgehead atoms. The minimum absolute atomic E-state index is 0.999. The van der Waals surface area contributed by atoms with Crippen LogP contribution in [-0.2, 0) is 13.6 Å². The van der Waals surface area contributed by atoms with Crippen LogP contribution in [0.4, 0.5) is 0 Å². The third-order valence-corrected chi connectivity index (χ3v) is 1.15. The lowest BCUT2D eigenvalue weighted by molar-refractivity contribution is -0.218. The van der Waals surface area contributed by atoms with Gasteiger partial charge in [0.2, 0.25) is 7.11 Å². The van der Waals surface area contributed by atoms with E-state index in [0.29, 0.717) is 0 Å². The summed E-state index contributed by atoms with van der Waals surface area (Å²) in [7, 11) is -0.389. The van der Waals surface area contributed by atoms with Crippen molar-refractivity contribution in [1.82, 2.24) is 0 Å². The summed E-state index contributed by atoms with van der Waals surface area (Å²) in [4.78, 5) is 9.89. The quantitative estimate of drug-likeness (QED) is 0.381. The Kier molecular flexibility index (Phi) is 2.32. The fourth-order valence-electron chi connectivity index (χ4n) is 0.0527. The fourth-order valence-corrected chi connectivity index (χ4v) is 0.158. The van der Waals surface area contributed by atoms with E-state index < -0.39 is 7.82 Å². The zero-order valence-electron chi connectivity index (χ0n) is 3.79. The molecule has 4 nitrogen and oxygen atoms in total. The van der Waals surface area contributed by atoms with Gasteiger partial charge < -0.3 is 9.42 Å². The Labute approximate surface area is 41.7 Å². The molecule has 7 heavy (non-hydrogen) atoms. The first-order valence-corrected chi connectivity index (χ1v) is 2.89. The molecule has 0 rings (SSSR count). The maximum Gasteiger partial charge on any atom is 0.315 e. The second-order valence-corrected chi connectivity index (χ2v) is 2.28. The van der Waals surface area contributed by atoms with Crippen molar-refractivity contribution >= 4 is 7.82 Å². The van der Waals surface area contributed by atoms with Crippen LogP contribution in [0.3, 0.4) is 0 Å². The minimum atomic E-state index is -4.02. The van der Waals surface area contributed by atoms with Crippen LogP contribution in [0.25, 0.3) is 0 Å². The molecule has 42 valence electrons. The van der Waals surface area contributed by atoms with E-state index in [9.17, 15) is 9.46 Å². The van der Waals surface area contributed by atoms with Gasteiger partial charge in [0.15, 0.2) is 0 Å². The van der Waals surface area contributed by atoms with E-state index in [1.807, 2.05) is 0 Å². The van der Waals surface area contributed by atoms with Gasteiger partial charge in [0, 0.05) is 7.11 Å². The topological polar surface area (TPSA) is 58.6 Å². The highest BCUT2D eigenvalue weighted by Crippen LogP contribution is 2.35. The largest absolute Gasteiger partial charge is 0.753 e. The molecule has 1 unspecified atom stereocenters. The van der Waals surface area contributed by atoms with Crippen LogP contribution in [0.2, 0.25) is 0 Å². The molecule has 0 aliphatic heterocycles. The highest BCUT2D eigenvalue weighted by molar-refractivity contribution is 7.45. The van der Waals surface area contributed by atoms with Crippen molar-refractivity contribution < 1.29 is 18.5 Å². The van der Waals surface area contributed by atoms with Crippen molar-refractivity contribution in [2.45, 2.75) is 0 Å². The number of phosphoric ester groups is 1. The third kappa shape index (κ3) is 2.65. The van der Waals surface area contributed by atoms with Gasteiger partial charge in [0.1, 0.15) is 0 Å². The van der Waals surface area contributed by atoms with Gasteiger partial charge in [0.05, 0.1) is 0 Å². The average molecular weight is 124 g/mol. The van der Waals surface area contributed by atoms with Crippen LogP contribution in [-0.4, -0.2) is 7.11 Å². The molecule has 0 amide bonds. The Morgan fingerprint density at radius 2 is 2.29 bits per heavy atom. The predicted octanol–water partition coefficient (Wildman–Crippen LogP) is -0.0906. The summed E-state index contributed by atoms with van der Waals surface area (Å²) in [6, 6.07) is 0. The second-order valence-electron chi connectivity index (χ2n) is 0.759. The van der Waals surface area contributed by atoms with E-state index in [2.05, 4.69) is 16.2 Å². The fraction of sp³-hybridized carbons (Fsp3) is 0.500. The molecular formula is C2H5O4P. The Morgan fingerprint density at radius 3 is 2.29 bits per heavy atom. The van der Waals surface area contributed by atoms with Gasteiger partial charge in [-0.15, -0.1) is 4.52 Å². The Bertz CT molecular complexity index is 81.7. The molecular weight excluding hydrogens is 119 g/mol. The molecule has 0 saturated carbocycles. The van der Waals surface area contributed by atoms with E-state index in [0.717, 1.165) is 7.11 Å². The maximum absolute atomic E-state index is 9.89. The lowest BCUT2D eigenvalue weighted by Gasteiger charge is -2.10. The lowest BCUT2D eigenvalue weighted by Crippen LogP contribution is -2.01. The number of rotatable bonds is 2. The molecule has 0 N–H and O–H groups in total. The van der Waals surface area contributed by atoms with E-state index in [4.69, 9.17) is 0 Å². The van der Waals surface area contributed by atoms with E-state index in [1.165, 1.54) is 0 Å². The lowest BCUT2D eigenvalue weighted by atomic mass is 11.8. The average Bonchev–Trinajstić information content (AvgIpc) is 1.68. The van der Waals surface area contributed by atoms with Crippen LogP contribution in [0, 0.1) is 7.11 Å². The summed E-state index contributed by atoms with van der Waals surface area (Å²) in [5, 5.41) is 0. The molecule has 0 aliphatic carbocycles. The zero-order valence-corrected chi connectivity index (χ0v) is 4.68. The molecule has 0 aromatic carbocycles. The standard InChI is InChI=1S/C2H5O4P/c1-5-7(3,4)6-2/h1H2,2H3. The summed E-state index contributed by atoms with van der Waals surface area (Å²) in [6.45, 7) is 0. The van der Waals surface area contributed by atoms with Crippen molar-refractivity contribution in [3.63, 3.8) is 0 Å². The second kappa shape index (κ2) is 2.33. The first-order valence-electron chi connectivity index (χ1n) is 1.43. The van der Waals surface area contributed by atoms with Gasteiger partial charge >= 0.3 is 7.82 Å². The van der Waals surface area contributed by atoms with Crippen LogP contribution >= 0.6 is 7.82 Å². The van der Waals surface area contributed by atoms with Gasteiger partial charge in [-0.25, -0.2) is 0 Å². The molecule has 5 heteroatoms. The van der Waals surface area contributed by atoms with Crippen molar-refractivity contribution in [2.75, 3.05) is 7.11 Å². The number of phosphoric acid groups is 1. The Morgan fingerprint density at radius 1 is 1.86 bits per heavy atom. The first kappa shape index (κ1) is 6.98. The highest BCUT2D eigenvalue weighted by atomic mass is 31.2. The van der Waals surface area contributed by atoms with Crippen molar-refractivity contribution in [3.8, 4) is 0 Å². The summed E-state index contributed by atoms with van der Waals surface area (Å²) in [5.74, 6) is 0. The van der Waals surface area contributed by atoms with E-state index in [-0.39, 0.29) is 0 Å². The normalized spacial score (nSPS) is 18.6. The van der Waals surface area contributed by atoms with Crippen LogP contribution in [0.5, 0.6) is 0 Å². The third-order valence-electron chi connectivity index (χ3n) is 0.382. The highest BCUT2D eigenvalue weighted by Gasteiger charge is 2.05.